The molecule has 0 unspecified atom stereocenters. The molecule has 1 N–H and O–H groups in total. The zero-order chi connectivity index (χ0) is 9.26. The maximum atomic E-state index is 3.93. The predicted octanol–water partition coefficient (Wildman–Crippen LogP) is 2.69. The molecule has 0 aliphatic carbocycles. The molecule has 0 spiro atoms. The van der Waals surface area contributed by atoms with Gasteiger partial charge >= 0.3 is 0 Å². The molecule has 66 valence electrons. The van der Waals surface area contributed by atoms with Gasteiger partial charge in [0.15, 0.2) is 0 Å². The molecule has 0 aliphatic rings. The Hall–Kier alpha value is -1.57. The lowest BCUT2D eigenvalue weighted by atomic mass is 10.1. The minimum Gasteiger partial charge on any atom is -0.278 e. The summed E-state index contributed by atoms with van der Waals surface area (Å²) in [4.78, 5) is 0. The summed E-state index contributed by atoms with van der Waals surface area (Å²) in [5.74, 6) is 0. The van der Waals surface area contributed by atoms with Crippen molar-refractivity contribution >= 4 is 0 Å². The van der Waals surface area contributed by atoms with E-state index in [2.05, 4.69) is 42.2 Å². The molecule has 2 rings (SSSR count). The lowest BCUT2D eigenvalue weighted by molar-refractivity contribution is 1.09. The van der Waals surface area contributed by atoms with Crippen LogP contribution in [0.5, 0.6) is 0 Å². The molecule has 1 heterocycles. The van der Waals surface area contributed by atoms with Crippen molar-refractivity contribution in [2.75, 3.05) is 0 Å². The van der Waals surface area contributed by atoms with E-state index in [0.717, 1.165) is 5.69 Å². The summed E-state index contributed by atoms with van der Waals surface area (Å²) in [6.07, 6.45) is 1.77. The highest BCUT2D eigenvalue weighted by molar-refractivity contribution is 5.60. The smallest absolute Gasteiger partial charge is 0.0650 e. The monoisotopic (exact) mass is 172 g/mol. The zero-order valence-corrected chi connectivity index (χ0v) is 7.83. The summed E-state index contributed by atoms with van der Waals surface area (Å²) in [5.41, 5.74) is 4.84. The van der Waals surface area contributed by atoms with E-state index < -0.39 is 0 Å². The minimum absolute atomic E-state index is 1.08. The van der Waals surface area contributed by atoms with E-state index in [-0.39, 0.29) is 0 Å². The van der Waals surface area contributed by atoms with Gasteiger partial charge in [-0.1, -0.05) is 17.2 Å². The van der Waals surface area contributed by atoms with Gasteiger partial charge in [-0.05, 0) is 32.0 Å². The number of aromatic nitrogens is 2. The van der Waals surface area contributed by atoms with Crippen LogP contribution in [-0.4, -0.2) is 10.2 Å². The Labute approximate surface area is 77.6 Å². The van der Waals surface area contributed by atoms with Crippen molar-refractivity contribution in [1.82, 2.24) is 10.2 Å². The van der Waals surface area contributed by atoms with Crippen LogP contribution < -0.4 is 0 Å². The van der Waals surface area contributed by atoms with Crippen LogP contribution in [0.15, 0.2) is 30.5 Å². The Morgan fingerprint density at radius 3 is 2.31 bits per heavy atom. The Balaban J connectivity index is 2.53. The van der Waals surface area contributed by atoms with Crippen LogP contribution in [0.2, 0.25) is 0 Å². The molecule has 13 heavy (non-hydrogen) atoms. The second kappa shape index (κ2) is 3.05. The first kappa shape index (κ1) is 8.05. The quantitative estimate of drug-likeness (QED) is 0.704. The van der Waals surface area contributed by atoms with Crippen LogP contribution in [0.3, 0.4) is 0 Å². The van der Waals surface area contributed by atoms with Crippen molar-refractivity contribution < 1.29 is 0 Å². The number of aromatic amines is 1. The molecular formula is C11H12N2. The van der Waals surface area contributed by atoms with E-state index in [4.69, 9.17) is 0 Å². The molecular weight excluding hydrogens is 160 g/mol. The van der Waals surface area contributed by atoms with Crippen molar-refractivity contribution in [2.24, 2.45) is 0 Å². The van der Waals surface area contributed by atoms with E-state index in [1.165, 1.54) is 16.7 Å². The van der Waals surface area contributed by atoms with Gasteiger partial charge < -0.3 is 0 Å². The second-order valence-electron chi connectivity index (χ2n) is 3.35. The Kier molecular flexibility index (Phi) is 1.89. The van der Waals surface area contributed by atoms with Crippen LogP contribution in [0.4, 0.5) is 0 Å². The SMILES string of the molecule is Cc1cc(C)cc(-c2ccn[nH]2)c1. The number of aryl methyl sites for hydroxylation is 2. The molecule has 0 fully saturated rings. The maximum absolute atomic E-state index is 3.93. The van der Waals surface area contributed by atoms with Crippen LogP contribution in [0, 0.1) is 13.8 Å². The van der Waals surface area contributed by atoms with E-state index in [1.807, 2.05) is 6.07 Å². The van der Waals surface area contributed by atoms with Gasteiger partial charge in [-0.2, -0.15) is 5.10 Å². The molecule has 0 aliphatic heterocycles. The first-order chi connectivity index (χ1) is 6.25. The first-order valence-corrected chi connectivity index (χ1v) is 4.34. The van der Waals surface area contributed by atoms with Gasteiger partial charge in [0.05, 0.1) is 5.69 Å². The van der Waals surface area contributed by atoms with Gasteiger partial charge in [0.2, 0.25) is 0 Å². The van der Waals surface area contributed by atoms with Gasteiger partial charge in [0, 0.05) is 11.8 Å². The van der Waals surface area contributed by atoms with Gasteiger partial charge in [0.1, 0.15) is 0 Å². The summed E-state index contributed by atoms with van der Waals surface area (Å²) < 4.78 is 0. The first-order valence-electron chi connectivity index (χ1n) is 4.34. The minimum atomic E-state index is 1.08. The molecule has 0 atom stereocenters. The summed E-state index contributed by atoms with van der Waals surface area (Å²) in [6, 6.07) is 8.45. The number of hydrogen-bond donors (Lipinski definition) is 1. The summed E-state index contributed by atoms with van der Waals surface area (Å²) in [5, 5.41) is 6.89. The van der Waals surface area contributed by atoms with E-state index in [9.17, 15) is 0 Å². The lowest BCUT2D eigenvalue weighted by Crippen LogP contribution is -1.82. The third kappa shape index (κ3) is 1.61. The van der Waals surface area contributed by atoms with Crippen LogP contribution in [-0.2, 0) is 0 Å². The highest BCUT2D eigenvalue weighted by atomic mass is 15.1. The Morgan fingerprint density at radius 2 is 1.77 bits per heavy atom. The van der Waals surface area contributed by atoms with Crippen molar-refractivity contribution in [3.63, 3.8) is 0 Å². The van der Waals surface area contributed by atoms with Crippen molar-refractivity contribution in [3.8, 4) is 11.3 Å². The fourth-order valence-corrected chi connectivity index (χ4v) is 1.55. The highest BCUT2D eigenvalue weighted by Gasteiger charge is 1.99. The van der Waals surface area contributed by atoms with Crippen molar-refractivity contribution in [2.45, 2.75) is 13.8 Å². The number of rotatable bonds is 1. The van der Waals surface area contributed by atoms with Gasteiger partial charge in [-0.15, -0.1) is 0 Å². The fourth-order valence-electron chi connectivity index (χ4n) is 1.55. The molecule has 2 aromatic rings. The van der Waals surface area contributed by atoms with E-state index in [0.29, 0.717) is 0 Å². The van der Waals surface area contributed by atoms with E-state index in [1.54, 1.807) is 6.20 Å². The van der Waals surface area contributed by atoms with Gasteiger partial charge in [0.25, 0.3) is 0 Å². The van der Waals surface area contributed by atoms with Crippen molar-refractivity contribution in [1.29, 1.82) is 0 Å². The second-order valence-corrected chi connectivity index (χ2v) is 3.35. The maximum Gasteiger partial charge on any atom is 0.0650 e. The number of nitrogens with zero attached hydrogens (tertiary/aromatic N) is 1. The molecule has 0 saturated carbocycles. The Bertz CT molecular complexity index is 382. The van der Waals surface area contributed by atoms with Crippen molar-refractivity contribution in [3.05, 3.63) is 41.6 Å². The predicted molar refractivity (Wildman–Crippen MR) is 53.5 cm³/mol. The van der Waals surface area contributed by atoms with Gasteiger partial charge in [-0.25, -0.2) is 0 Å². The molecule has 2 heteroatoms. The van der Waals surface area contributed by atoms with Gasteiger partial charge in [-0.3, -0.25) is 5.10 Å². The van der Waals surface area contributed by atoms with Crippen LogP contribution >= 0.6 is 0 Å². The molecule has 0 radical (unpaired) electrons. The summed E-state index contributed by atoms with van der Waals surface area (Å²) >= 11 is 0. The summed E-state index contributed by atoms with van der Waals surface area (Å²) in [6.45, 7) is 4.21. The molecule has 0 saturated heterocycles. The average molecular weight is 172 g/mol. The molecule has 1 aromatic heterocycles. The Morgan fingerprint density at radius 1 is 1.08 bits per heavy atom. The number of H-pyrrole nitrogens is 1. The highest BCUT2D eigenvalue weighted by Crippen LogP contribution is 2.19. The number of hydrogen-bond acceptors (Lipinski definition) is 1. The molecule has 1 aromatic carbocycles. The lowest BCUT2D eigenvalue weighted by Gasteiger charge is -2.01. The van der Waals surface area contributed by atoms with E-state index >= 15 is 0 Å². The standard InChI is InChI=1S/C11H12N2/c1-8-5-9(2)7-10(6-8)11-3-4-12-13-11/h3-7H,1-2H3,(H,12,13). The van der Waals surface area contributed by atoms with Crippen LogP contribution in [0.1, 0.15) is 11.1 Å². The largest absolute Gasteiger partial charge is 0.278 e. The topological polar surface area (TPSA) is 28.7 Å². The third-order valence-electron chi connectivity index (χ3n) is 2.03. The summed E-state index contributed by atoms with van der Waals surface area (Å²) in [7, 11) is 0. The molecule has 0 amide bonds. The normalized spacial score (nSPS) is 10.3. The number of nitrogens with one attached hydrogen (secondary N) is 1. The third-order valence-corrected chi connectivity index (χ3v) is 2.03. The average Bonchev–Trinajstić information content (AvgIpc) is 2.53. The zero-order valence-electron chi connectivity index (χ0n) is 7.83. The van der Waals surface area contributed by atoms with Crippen LogP contribution in [0.25, 0.3) is 11.3 Å². The molecule has 2 nitrogen and oxygen atoms in total. The molecule has 0 bridgehead atoms. The fraction of sp³-hybridized carbons (Fsp3) is 0.182. The number of benzene rings is 1.